The Hall–Kier alpha value is -0.543. The van der Waals surface area contributed by atoms with Crippen molar-refractivity contribution >= 4 is 11.9 Å². The number of carbonyl (C=O) groups excluding carboxylic acids is 2. The molecular weight excluding hydrogens is 349 g/mol. The molecule has 1 amide bonds. The van der Waals surface area contributed by atoms with Crippen molar-refractivity contribution in [3.63, 3.8) is 0 Å². The minimum absolute atomic E-state index is 0. The fraction of sp³-hybridized carbons (Fsp3) is 0.905. The summed E-state index contributed by atoms with van der Waals surface area (Å²) in [7, 11) is 2.08. The van der Waals surface area contributed by atoms with Gasteiger partial charge < -0.3 is 14.8 Å². The van der Waals surface area contributed by atoms with Crippen LogP contribution in [0.3, 0.4) is 0 Å². The number of carboxylic acids is 1. The van der Waals surface area contributed by atoms with E-state index in [0.29, 0.717) is 11.9 Å². The summed E-state index contributed by atoms with van der Waals surface area (Å²) in [6.07, 6.45) is 8.92. The number of hydrogen-bond donors (Lipinski definition) is 0. The van der Waals surface area contributed by atoms with Crippen LogP contribution in [0.1, 0.15) is 51.4 Å². The molecule has 150 valence electrons. The van der Waals surface area contributed by atoms with Crippen LogP contribution >= 0.6 is 0 Å². The number of likely N-dealkylation sites (N-methyl/N-ethyl adjacent to an activating group) is 1. The van der Waals surface area contributed by atoms with Crippen LogP contribution in [0.25, 0.3) is 0 Å². The average molecular weight is 381 g/mol. The predicted molar refractivity (Wildman–Crippen MR) is 98.6 cm³/mol. The van der Waals surface area contributed by atoms with Crippen molar-refractivity contribution < 1.29 is 33.6 Å². The Morgan fingerprint density at radius 1 is 1.04 bits per heavy atom. The van der Waals surface area contributed by atoms with Gasteiger partial charge in [0.2, 0.25) is 5.91 Å². The Bertz CT molecular complexity index is 636. The number of hydrogen-bond acceptors (Lipinski definition) is 5. The van der Waals surface area contributed by atoms with E-state index in [1.54, 1.807) is 0 Å². The zero-order chi connectivity index (χ0) is 18.8. The van der Waals surface area contributed by atoms with Gasteiger partial charge in [0, 0.05) is 31.1 Å². The second-order valence-corrected chi connectivity index (χ2v) is 9.98. The minimum Gasteiger partial charge on any atom is -0.548 e. The van der Waals surface area contributed by atoms with E-state index in [-0.39, 0.29) is 36.2 Å². The van der Waals surface area contributed by atoms with Crippen LogP contribution in [0.4, 0.5) is 0 Å². The Morgan fingerprint density at radius 2 is 1.71 bits per heavy atom. The van der Waals surface area contributed by atoms with Crippen molar-refractivity contribution in [3.8, 4) is 0 Å². The molecule has 28 heavy (non-hydrogen) atoms. The summed E-state index contributed by atoms with van der Waals surface area (Å²) in [6, 6.07) is 0.170. The Morgan fingerprint density at radius 3 is 2.36 bits per heavy atom. The molecule has 5 atom stereocenters. The monoisotopic (exact) mass is 381 g/mol. The van der Waals surface area contributed by atoms with Crippen LogP contribution in [0.2, 0.25) is 0 Å². The first-order valence-corrected chi connectivity index (χ1v) is 10.9. The van der Waals surface area contributed by atoms with Gasteiger partial charge in [-0.15, -0.1) is 0 Å². The Balaban J connectivity index is 0.00000192. The summed E-state index contributed by atoms with van der Waals surface area (Å²) in [5.74, 6) is 0.426. The van der Waals surface area contributed by atoms with Gasteiger partial charge in [0.05, 0.1) is 12.0 Å². The quantitative estimate of drug-likeness (QED) is 0.384. The van der Waals surface area contributed by atoms with E-state index in [1.165, 1.54) is 12.8 Å². The Kier molecular flexibility index (Phi) is 5.63. The van der Waals surface area contributed by atoms with E-state index in [0.717, 1.165) is 70.6 Å². The summed E-state index contributed by atoms with van der Waals surface area (Å²) in [5.41, 5.74) is 0.102. The predicted octanol–water partition coefficient (Wildman–Crippen LogP) is -2.68. The average Bonchev–Trinajstić information content (AvgIpc) is 3.36. The van der Waals surface area contributed by atoms with Crippen LogP contribution in [-0.4, -0.2) is 77.9 Å². The molecule has 6 nitrogen and oxygen atoms in total. The number of nitrogens with zero attached hydrogens (tertiary/aromatic N) is 3. The summed E-state index contributed by atoms with van der Waals surface area (Å²) >= 11 is 0. The third-order valence-electron chi connectivity index (χ3n) is 8.20. The molecule has 3 heterocycles. The molecule has 3 saturated heterocycles. The van der Waals surface area contributed by atoms with Gasteiger partial charge in [-0.25, -0.2) is 0 Å². The fourth-order valence-corrected chi connectivity index (χ4v) is 6.47. The Labute approximate surface area is 180 Å². The van der Waals surface area contributed by atoms with E-state index in [4.69, 9.17) is 0 Å². The van der Waals surface area contributed by atoms with E-state index in [9.17, 15) is 14.7 Å². The zero-order valence-corrected chi connectivity index (χ0v) is 17.4. The van der Waals surface area contributed by atoms with Gasteiger partial charge in [0.1, 0.15) is 6.04 Å². The molecule has 0 bridgehead atoms. The van der Waals surface area contributed by atoms with Crippen LogP contribution in [-0.2, 0) is 9.59 Å². The van der Waals surface area contributed by atoms with Gasteiger partial charge in [0.15, 0.2) is 0 Å². The maximum absolute atomic E-state index is 13.0. The van der Waals surface area contributed by atoms with Crippen LogP contribution in [0, 0.1) is 17.3 Å². The van der Waals surface area contributed by atoms with E-state index in [2.05, 4.69) is 21.7 Å². The van der Waals surface area contributed by atoms with Crippen molar-refractivity contribution in [2.24, 2.45) is 17.3 Å². The maximum atomic E-state index is 13.0. The number of carbonyl (C=O) groups is 2. The molecule has 1 spiro atoms. The second kappa shape index (κ2) is 7.61. The van der Waals surface area contributed by atoms with Crippen molar-refractivity contribution in [1.82, 2.24) is 14.7 Å². The molecule has 0 N–H and O–H groups in total. The molecule has 0 aromatic carbocycles. The van der Waals surface area contributed by atoms with Crippen LogP contribution < -0.4 is 24.0 Å². The number of likely N-dealkylation sites (tertiary alicyclic amines) is 2. The number of amides is 1. The second-order valence-electron chi connectivity index (χ2n) is 9.98. The molecule has 0 aromatic heterocycles. The van der Waals surface area contributed by atoms with Gasteiger partial charge in [-0.3, -0.25) is 14.6 Å². The first kappa shape index (κ1) is 20.7. The summed E-state index contributed by atoms with van der Waals surface area (Å²) in [4.78, 5) is 31.4. The van der Waals surface area contributed by atoms with Gasteiger partial charge in [-0.2, -0.15) is 0 Å². The van der Waals surface area contributed by atoms with Crippen LogP contribution in [0.5, 0.6) is 0 Å². The smallest absolute Gasteiger partial charge is 0.548 e. The molecule has 3 aliphatic heterocycles. The third-order valence-corrected chi connectivity index (χ3v) is 8.20. The molecule has 0 aromatic rings. The van der Waals surface area contributed by atoms with Gasteiger partial charge in [0.25, 0.3) is 0 Å². The summed E-state index contributed by atoms with van der Waals surface area (Å²) in [6.45, 7) is 3.31. The minimum atomic E-state index is -0.892. The van der Waals surface area contributed by atoms with Gasteiger partial charge in [-0.1, -0.05) is 12.8 Å². The normalized spacial score (nSPS) is 39.3. The first-order valence-electron chi connectivity index (χ1n) is 10.9. The molecule has 5 fully saturated rings. The molecule has 5 aliphatic rings. The molecule has 7 heteroatoms. The van der Waals surface area contributed by atoms with E-state index < -0.39 is 12.0 Å². The standard InChI is InChI=1S/C21H33N3O3.Li/c1-22-16(15-6-7-15)18(22)19(25)24-11-9-21(13-24)8-10-23(12-21)17(20(26)27)14-4-2-3-5-14;/h14-18H,2-13H2,1H3,(H,26,27);/q;+1/p-1/t16-,17+,18-,21+,22?;/m1./s1. The van der Waals surface area contributed by atoms with Crippen molar-refractivity contribution in [2.75, 3.05) is 33.2 Å². The molecule has 5 rings (SSSR count). The maximum Gasteiger partial charge on any atom is 1.00 e. The molecular formula is C21H32LiN3O3. The first-order chi connectivity index (χ1) is 13.0. The van der Waals surface area contributed by atoms with E-state index >= 15 is 0 Å². The number of carboxylic acid groups (broad SMARTS) is 1. The van der Waals surface area contributed by atoms with Crippen molar-refractivity contribution in [2.45, 2.75) is 69.5 Å². The largest absolute Gasteiger partial charge is 1.00 e. The molecule has 1 unspecified atom stereocenters. The van der Waals surface area contributed by atoms with Crippen LogP contribution in [0.15, 0.2) is 0 Å². The topological polar surface area (TPSA) is 66.7 Å². The fourth-order valence-electron chi connectivity index (χ4n) is 6.47. The SMILES string of the molecule is CN1[C@H](C2CC2)[C@@H]1C(=O)N1CC[C@]2(CCN([C@H](C(=O)[O-])C3CCCC3)C2)C1.[Li+]. The van der Waals surface area contributed by atoms with Crippen molar-refractivity contribution in [3.05, 3.63) is 0 Å². The van der Waals surface area contributed by atoms with Gasteiger partial charge >= 0.3 is 18.9 Å². The van der Waals surface area contributed by atoms with Crippen molar-refractivity contribution in [1.29, 1.82) is 0 Å². The molecule has 2 saturated carbocycles. The third kappa shape index (κ3) is 3.55. The van der Waals surface area contributed by atoms with E-state index in [1.807, 2.05) is 0 Å². The number of aliphatic carboxylic acids is 1. The zero-order valence-electron chi connectivity index (χ0n) is 17.4. The molecule has 0 radical (unpaired) electrons. The number of rotatable bonds is 5. The summed E-state index contributed by atoms with van der Waals surface area (Å²) < 4.78 is 0. The van der Waals surface area contributed by atoms with Gasteiger partial charge in [-0.05, 0) is 64.0 Å². The summed E-state index contributed by atoms with van der Waals surface area (Å²) in [5, 5.41) is 11.9. The molecule has 2 aliphatic carbocycles.